The number of halogens is 1. The monoisotopic (exact) mass is 458 g/mol. The van der Waals surface area contributed by atoms with Crippen LogP contribution in [0, 0.1) is 22.7 Å². The zero-order valence-electron chi connectivity index (χ0n) is 18.8. The Morgan fingerprint density at radius 2 is 2.09 bits per heavy atom. The molecule has 1 aliphatic carbocycles. The molecule has 0 aromatic heterocycles. The number of carbonyl (C=O) groups excluding carboxylic acids is 1. The highest BCUT2D eigenvalue weighted by Gasteiger charge is 2.57. The number of esters is 1. The number of carboxylic acid groups (broad SMARTS) is 1. The van der Waals surface area contributed by atoms with Crippen molar-refractivity contribution in [2.75, 3.05) is 7.11 Å². The molecule has 0 saturated heterocycles. The van der Waals surface area contributed by atoms with Crippen molar-refractivity contribution >= 4 is 29.3 Å². The van der Waals surface area contributed by atoms with Gasteiger partial charge in [-0.3, -0.25) is 9.79 Å². The Balaban J connectivity index is 2.10. The van der Waals surface area contributed by atoms with Crippen LogP contribution in [0.15, 0.2) is 34.5 Å². The summed E-state index contributed by atoms with van der Waals surface area (Å²) in [5.41, 5.74) is 1.07. The van der Waals surface area contributed by atoms with Crippen molar-refractivity contribution in [2.24, 2.45) is 16.3 Å². The number of nitrogens with zero attached hydrogens (tertiary/aromatic N) is 2. The van der Waals surface area contributed by atoms with Crippen molar-refractivity contribution in [2.45, 2.75) is 58.7 Å². The van der Waals surface area contributed by atoms with Gasteiger partial charge >= 0.3 is 11.9 Å². The van der Waals surface area contributed by atoms with Crippen molar-refractivity contribution in [3.05, 3.63) is 45.6 Å². The van der Waals surface area contributed by atoms with Gasteiger partial charge in [-0.25, -0.2) is 4.79 Å². The molecule has 8 heteroatoms. The number of carboxylic acids is 1. The summed E-state index contributed by atoms with van der Waals surface area (Å²) >= 11 is 6.24. The van der Waals surface area contributed by atoms with Gasteiger partial charge in [-0.05, 0) is 38.3 Å². The van der Waals surface area contributed by atoms with Crippen LogP contribution in [0.1, 0.15) is 57.6 Å². The molecule has 2 aliphatic rings. The summed E-state index contributed by atoms with van der Waals surface area (Å²) in [6.45, 7) is 7.20. The van der Waals surface area contributed by atoms with Gasteiger partial charge in [-0.2, -0.15) is 5.26 Å². The van der Waals surface area contributed by atoms with Crippen LogP contribution in [0.5, 0.6) is 0 Å². The molecule has 1 N–H and O–H groups in total. The van der Waals surface area contributed by atoms with Gasteiger partial charge in [-0.15, -0.1) is 0 Å². The number of nitriles is 1. The Labute approximate surface area is 192 Å². The first kappa shape index (κ1) is 24.0. The number of hydrogen-bond donors (Lipinski definition) is 1. The minimum Gasteiger partial charge on any atom is -0.481 e. The molecule has 5 atom stereocenters. The highest BCUT2D eigenvalue weighted by molar-refractivity contribution is 6.31. The number of aliphatic carboxylic acids is 1. The number of carbonyl (C=O) groups is 2. The van der Waals surface area contributed by atoms with Crippen LogP contribution >= 0.6 is 11.6 Å². The molecule has 32 heavy (non-hydrogen) atoms. The highest BCUT2D eigenvalue weighted by Crippen LogP contribution is 2.53. The Hall–Kier alpha value is -2.69. The molecule has 5 unspecified atom stereocenters. The molecule has 1 saturated carbocycles. The summed E-state index contributed by atoms with van der Waals surface area (Å²) in [6, 6.07) is 6.88. The molecule has 1 aromatic carbocycles. The van der Waals surface area contributed by atoms with Crippen molar-refractivity contribution in [3.63, 3.8) is 0 Å². The summed E-state index contributed by atoms with van der Waals surface area (Å²) in [7, 11) is 1.63. The lowest BCUT2D eigenvalue weighted by Gasteiger charge is -2.32. The number of methoxy groups -OCH3 is 1. The first-order valence-electron chi connectivity index (χ1n) is 10.5. The standard InChI is InChI=1S/C24H27ClN2O5/c1-6-17(24(4)10-18(24)31-5)32-23(30)20-13(3)27-12(2)19(22(28)29)21(20)14-8-7-9-16(25)15(14)11-26/h7-9,17-19,21H,6,10H2,1-5H3,(H,28,29). The maximum absolute atomic E-state index is 13.5. The Kier molecular flexibility index (Phi) is 6.77. The normalized spacial score (nSPS) is 27.9. The largest absolute Gasteiger partial charge is 0.481 e. The second-order valence-corrected chi connectivity index (χ2v) is 9.01. The van der Waals surface area contributed by atoms with Crippen LogP contribution in [-0.2, 0) is 19.1 Å². The molecule has 170 valence electrons. The van der Waals surface area contributed by atoms with Crippen LogP contribution in [0.2, 0.25) is 5.02 Å². The number of aliphatic imine (C=N–C) groups is 1. The fraction of sp³-hybridized carbons (Fsp3) is 0.500. The third-order valence-corrected chi connectivity index (χ3v) is 6.96. The van der Waals surface area contributed by atoms with E-state index in [0.717, 1.165) is 6.42 Å². The van der Waals surface area contributed by atoms with Gasteiger partial charge in [0.2, 0.25) is 0 Å². The van der Waals surface area contributed by atoms with Crippen molar-refractivity contribution in [1.29, 1.82) is 5.26 Å². The van der Waals surface area contributed by atoms with Crippen LogP contribution in [0.3, 0.4) is 0 Å². The Bertz CT molecular complexity index is 1060. The second kappa shape index (κ2) is 9.05. The average Bonchev–Trinajstić information content (AvgIpc) is 3.41. The number of ether oxygens (including phenoxy) is 2. The molecule has 1 aliphatic heterocycles. The molecule has 1 heterocycles. The maximum atomic E-state index is 13.5. The van der Waals surface area contributed by atoms with Gasteiger partial charge in [-0.1, -0.05) is 37.6 Å². The molecule has 0 spiro atoms. The van der Waals surface area contributed by atoms with E-state index in [4.69, 9.17) is 21.1 Å². The van der Waals surface area contributed by atoms with E-state index >= 15 is 0 Å². The second-order valence-electron chi connectivity index (χ2n) is 8.60. The van der Waals surface area contributed by atoms with E-state index in [1.807, 2.05) is 13.8 Å². The smallest absolute Gasteiger partial charge is 0.336 e. The van der Waals surface area contributed by atoms with E-state index in [2.05, 4.69) is 11.1 Å². The fourth-order valence-corrected chi connectivity index (χ4v) is 5.01. The number of allylic oxidation sites excluding steroid dienone is 1. The summed E-state index contributed by atoms with van der Waals surface area (Å²) in [4.78, 5) is 30.1. The molecular formula is C24H27ClN2O5. The van der Waals surface area contributed by atoms with Gasteiger partial charge in [0.25, 0.3) is 0 Å². The Morgan fingerprint density at radius 3 is 2.62 bits per heavy atom. The van der Waals surface area contributed by atoms with E-state index in [-0.39, 0.29) is 27.7 Å². The lowest BCUT2D eigenvalue weighted by atomic mass is 9.74. The number of benzene rings is 1. The first-order valence-corrected chi connectivity index (χ1v) is 10.9. The van der Waals surface area contributed by atoms with Crippen molar-refractivity contribution in [3.8, 4) is 6.07 Å². The van der Waals surface area contributed by atoms with E-state index in [1.165, 1.54) is 0 Å². The fourth-order valence-electron chi connectivity index (χ4n) is 4.78. The number of rotatable bonds is 7. The van der Waals surface area contributed by atoms with Crippen molar-refractivity contribution in [1.82, 2.24) is 0 Å². The Morgan fingerprint density at radius 1 is 1.41 bits per heavy atom. The van der Waals surface area contributed by atoms with Crippen LogP contribution < -0.4 is 0 Å². The topological polar surface area (TPSA) is 109 Å². The predicted molar refractivity (Wildman–Crippen MR) is 120 cm³/mol. The number of hydrogen-bond acceptors (Lipinski definition) is 6. The quantitative estimate of drug-likeness (QED) is 0.603. The molecule has 0 bridgehead atoms. The zero-order valence-corrected chi connectivity index (χ0v) is 19.6. The zero-order chi connectivity index (χ0) is 23.8. The maximum Gasteiger partial charge on any atom is 0.336 e. The van der Waals surface area contributed by atoms with Crippen molar-refractivity contribution < 1.29 is 24.2 Å². The average molecular weight is 459 g/mol. The van der Waals surface area contributed by atoms with Gasteiger partial charge in [0.15, 0.2) is 0 Å². The van der Waals surface area contributed by atoms with E-state index in [0.29, 0.717) is 23.4 Å². The van der Waals surface area contributed by atoms with Gasteiger partial charge < -0.3 is 14.6 Å². The summed E-state index contributed by atoms with van der Waals surface area (Å²) < 4.78 is 11.4. The molecule has 7 nitrogen and oxygen atoms in total. The third kappa shape index (κ3) is 4.05. The lowest BCUT2D eigenvalue weighted by Crippen LogP contribution is -2.37. The lowest BCUT2D eigenvalue weighted by molar-refractivity contribution is -0.149. The minimum absolute atomic E-state index is 0.00244. The van der Waals surface area contributed by atoms with E-state index in [1.54, 1.807) is 39.2 Å². The minimum atomic E-state index is -1.14. The molecule has 1 fully saturated rings. The summed E-state index contributed by atoms with van der Waals surface area (Å²) in [5.74, 6) is -3.85. The summed E-state index contributed by atoms with van der Waals surface area (Å²) in [6.07, 6.45) is 0.969. The summed E-state index contributed by atoms with van der Waals surface area (Å²) in [5, 5.41) is 19.9. The van der Waals surface area contributed by atoms with Crippen LogP contribution in [-0.4, -0.2) is 42.1 Å². The first-order chi connectivity index (χ1) is 15.1. The van der Waals surface area contributed by atoms with Gasteiger partial charge in [0, 0.05) is 29.9 Å². The molecule has 3 rings (SSSR count). The third-order valence-electron chi connectivity index (χ3n) is 6.65. The van der Waals surface area contributed by atoms with E-state index in [9.17, 15) is 20.0 Å². The SMILES string of the molecule is CCC(OC(=O)C1=C(C)N=C(C)C(C(=O)O)C1c1cccc(Cl)c1C#N)C1(C)CC1OC. The van der Waals surface area contributed by atoms with Crippen LogP contribution in [0.25, 0.3) is 0 Å². The van der Waals surface area contributed by atoms with E-state index < -0.39 is 29.9 Å². The molecule has 1 aromatic rings. The van der Waals surface area contributed by atoms with Gasteiger partial charge in [0.05, 0.1) is 22.3 Å². The van der Waals surface area contributed by atoms with Crippen LogP contribution in [0.4, 0.5) is 0 Å². The molecule has 0 amide bonds. The molecular weight excluding hydrogens is 432 g/mol. The molecule has 0 radical (unpaired) electrons. The predicted octanol–water partition coefficient (Wildman–Crippen LogP) is 4.49. The van der Waals surface area contributed by atoms with Gasteiger partial charge in [0.1, 0.15) is 18.1 Å². The highest BCUT2D eigenvalue weighted by atomic mass is 35.5.